The minimum atomic E-state index is 0.0305. The van der Waals surface area contributed by atoms with Gasteiger partial charge in [0, 0.05) is 7.11 Å². The first-order valence-electron chi connectivity index (χ1n) is 4.72. The smallest absolute Gasteiger partial charge is 0.157 e. The van der Waals surface area contributed by atoms with Crippen molar-refractivity contribution in [2.24, 2.45) is 5.41 Å². The Morgan fingerprint density at radius 2 is 1.92 bits per heavy atom. The normalized spacial score (nSPS) is 32.0. The molecule has 1 heterocycles. The summed E-state index contributed by atoms with van der Waals surface area (Å²) >= 11 is 0. The second-order valence-electron chi connectivity index (χ2n) is 4.59. The Bertz CT molecular complexity index is 137. The van der Waals surface area contributed by atoms with Gasteiger partial charge in [-0.05, 0) is 24.7 Å². The zero-order chi connectivity index (χ0) is 9.19. The van der Waals surface area contributed by atoms with Gasteiger partial charge in [0.25, 0.3) is 0 Å². The van der Waals surface area contributed by atoms with E-state index in [2.05, 4.69) is 20.8 Å². The average molecular weight is 172 g/mol. The topological polar surface area (TPSA) is 18.5 Å². The summed E-state index contributed by atoms with van der Waals surface area (Å²) in [5, 5.41) is 0. The molecule has 0 radical (unpaired) electrons. The molecule has 0 bridgehead atoms. The van der Waals surface area contributed by atoms with E-state index in [1.54, 1.807) is 7.11 Å². The molecule has 0 aromatic carbocycles. The molecule has 1 fully saturated rings. The van der Waals surface area contributed by atoms with Crippen LogP contribution in [0.25, 0.3) is 0 Å². The van der Waals surface area contributed by atoms with Gasteiger partial charge < -0.3 is 9.47 Å². The van der Waals surface area contributed by atoms with Crippen molar-refractivity contribution in [3.05, 3.63) is 0 Å². The molecule has 0 unspecified atom stereocenters. The van der Waals surface area contributed by atoms with E-state index >= 15 is 0 Å². The molecule has 1 aliphatic rings. The van der Waals surface area contributed by atoms with Crippen molar-refractivity contribution in [3.63, 3.8) is 0 Å². The first-order valence-corrected chi connectivity index (χ1v) is 4.72. The molecule has 0 spiro atoms. The van der Waals surface area contributed by atoms with Crippen molar-refractivity contribution in [2.45, 2.75) is 52.4 Å². The molecular weight excluding hydrogens is 152 g/mol. The number of methoxy groups -OCH3 is 1. The lowest BCUT2D eigenvalue weighted by Crippen LogP contribution is -2.37. The molecule has 2 atom stereocenters. The van der Waals surface area contributed by atoms with Crippen LogP contribution in [0.5, 0.6) is 0 Å². The largest absolute Gasteiger partial charge is 0.356 e. The minimum absolute atomic E-state index is 0.0305. The van der Waals surface area contributed by atoms with Gasteiger partial charge in [-0.2, -0.15) is 0 Å². The summed E-state index contributed by atoms with van der Waals surface area (Å²) in [4.78, 5) is 0. The third-order valence-electron chi connectivity index (χ3n) is 2.45. The van der Waals surface area contributed by atoms with Gasteiger partial charge in [0.1, 0.15) is 0 Å². The van der Waals surface area contributed by atoms with E-state index in [9.17, 15) is 0 Å². The van der Waals surface area contributed by atoms with Crippen molar-refractivity contribution >= 4 is 0 Å². The highest BCUT2D eigenvalue weighted by Gasteiger charge is 2.31. The highest BCUT2D eigenvalue weighted by Crippen LogP contribution is 2.31. The van der Waals surface area contributed by atoms with Crippen molar-refractivity contribution in [2.75, 3.05) is 7.11 Å². The van der Waals surface area contributed by atoms with Crippen LogP contribution < -0.4 is 0 Å². The Hall–Kier alpha value is -0.0800. The lowest BCUT2D eigenvalue weighted by atomic mass is 9.85. The average Bonchev–Trinajstić information content (AvgIpc) is 2.03. The van der Waals surface area contributed by atoms with Crippen molar-refractivity contribution in [3.8, 4) is 0 Å². The van der Waals surface area contributed by atoms with Gasteiger partial charge in [0.15, 0.2) is 6.29 Å². The fourth-order valence-corrected chi connectivity index (χ4v) is 1.60. The van der Waals surface area contributed by atoms with E-state index in [0.29, 0.717) is 6.10 Å². The Balaban J connectivity index is 2.46. The van der Waals surface area contributed by atoms with Crippen LogP contribution in [-0.2, 0) is 9.47 Å². The SMILES string of the molecule is CO[C@@H]1CCC[C@H](C(C)(C)C)O1. The number of ether oxygens (including phenoxy) is 2. The predicted molar refractivity (Wildman–Crippen MR) is 49.0 cm³/mol. The zero-order valence-electron chi connectivity index (χ0n) is 8.59. The molecule has 0 N–H and O–H groups in total. The van der Waals surface area contributed by atoms with Gasteiger partial charge in [-0.15, -0.1) is 0 Å². The standard InChI is InChI=1S/C10H20O2/c1-10(2,3)8-6-5-7-9(11-4)12-8/h8-9H,5-7H2,1-4H3/t8-,9+/m1/s1. The molecule has 2 heteroatoms. The number of hydrogen-bond acceptors (Lipinski definition) is 2. The molecule has 2 nitrogen and oxygen atoms in total. The summed E-state index contributed by atoms with van der Waals surface area (Å²) in [6.07, 6.45) is 3.83. The van der Waals surface area contributed by atoms with Gasteiger partial charge in [0.2, 0.25) is 0 Å². The summed E-state index contributed by atoms with van der Waals surface area (Å²) in [6.45, 7) is 6.65. The van der Waals surface area contributed by atoms with Crippen LogP contribution in [-0.4, -0.2) is 19.5 Å². The lowest BCUT2D eigenvalue weighted by molar-refractivity contribution is -0.203. The van der Waals surface area contributed by atoms with E-state index in [0.717, 1.165) is 6.42 Å². The third kappa shape index (κ3) is 2.46. The Kier molecular flexibility index (Phi) is 3.13. The van der Waals surface area contributed by atoms with Crippen LogP contribution in [0.15, 0.2) is 0 Å². The highest BCUT2D eigenvalue weighted by molar-refractivity contribution is 4.77. The van der Waals surface area contributed by atoms with Gasteiger partial charge >= 0.3 is 0 Å². The molecule has 1 aliphatic heterocycles. The molecule has 0 saturated carbocycles. The minimum Gasteiger partial charge on any atom is -0.356 e. The van der Waals surface area contributed by atoms with E-state index in [-0.39, 0.29) is 11.7 Å². The summed E-state index contributed by atoms with van der Waals surface area (Å²) < 4.78 is 11.0. The van der Waals surface area contributed by atoms with Crippen LogP contribution >= 0.6 is 0 Å². The number of rotatable bonds is 1. The fraction of sp³-hybridized carbons (Fsp3) is 1.00. The van der Waals surface area contributed by atoms with Crippen LogP contribution in [0.4, 0.5) is 0 Å². The zero-order valence-corrected chi connectivity index (χ0v) is 8.59. The summed E-state index contributed by atoms with van der Waals surface area (Å²) in [5.41, 5.74) is 0.247. The molecule has 0 aromatic heterocycles. The van der Waals surface area contributed by atoms with E-state index < -0.39 is 0 Å². The predicted octanol–water partition coefficient (Wildman–Crippen LogP) is 2.57. The van der Waals surface area contributed by atoms with E-state index in [1.165, 1.54) is 12.8 Å². The van der Waals surface area contributed by atoms with Crippen molar-refractivity contribution in [1.29, 1.82) is 0 Å². The van der Waals surface area contributed by atoms with E-state index in [1.807, 2.05) is 0 Å². The maximum absolute atomic E-state index is 5.78. The van der Waals surface area contributed by atoms with Crippen LogP contribution in [0.2, 0.25) is 0 Å². The summed E-state index contributed by atoms with van der Waals surface area (Å²) in [5.74, 6) is 0. The van der Waals surface area contributed by atoms with Gasteiger partial charge in [-0.1, -0.05) is 20.8 Å². The second-order valence-corrected chi connectivity index (χ2v) is 4.59. The maximum atomic E-state index is 5.78. The summed E-state index contributed by atoms with van der Waals surface area (Å²) in [6, 6.07) is 0. The van der Waals surface area contributed by atoms with Crippen LogP contribution in [0, 0.1) is 5.41 Å². The second kappa shape index (κ2) is 3.75. The molecule has 0 amide bonds. The molecule has 1 rings (SSSR count). The van der Waals surface area contributed by atoms with Gasteiger partial charge in [-0.3, -0.25) is 0 Å². The molecule has 0 aromatic rings. The highest BCUT2D eigenvalue weighted by atomic mass is 16.7. The Morgan fingerprint density at radius 1 is 1.25 bits per heavy atom. The van der Waals surface area contributed by atoms with Gasteiger partial charge in [0.05, 0.1) is 6.10 Å². The van der Waals surface area contributed by atoms with Crippen molar-refractivity contribution in [1.82, 2.24) is 0 Å². The third-order valence-corrected chi connectivity index (χ3v) is 2.45. The monoisotopic (exact) mass is 172 g/mol. The first kappa shape index (κ1) is 10.0. The molecule has 12 heavy (non-hydrogen) atoms. The number of hydrogen-bond donors (Lipinski definition) is 0. The lowest BCUT2D eigenvalue weighted by Gasteiger charge is -2.37. The summed E-state index contributed by atoms with van der Waals surface area (Å²) in [7, 11) is 1.72. The Morgan fingerprint density at radius 3 is 2.42 bits per heavy atom. The molecule has 1 saturated heterocycles. The fourth-order valence-electron chi connectivity index (χ4n) is 1.60. The maximum Gasteiger partial charge on any atom is 0.157 e. The first-order chi connectivity index (χ1) is 5.54. The van der Waals surface area contributed by atoms with Crippen LogP contribution in [0.3, 0.4) is 0 Å². The quantitative estimate of drug-likeness (QED) is 0.605. The van der Waals surface area contributed by atoms with E-state index in [4.69, 9.17) is 9.47 Å². The molecule has 0 aliphatic carbocycles. The Labute approximate surface area is 75.2 Å². The molecular formula is C10H20O2. The van der Waals surface area contributed by atoms with Crippen LogP contribution in [0.1, 0.15) is 40.0 Å². The molecule has 72 valence electrons. The van der Waals surface area contributed by atoms with Gasteiger partial charge in [-0.25, -0.2) is 0 Å². The van der Waals surface area contributed by atoms with Crippen molar-refractivity contribution < 1.29 is 9.47 Å².